The molecule has 0 aromatic carbocycles. The first-order valence-corrected chi connectivity index (χ1v) is 5.20. The van der Waals surface area contributed by atoms with Gasteiger partial charge in [-0.25, -0.2) is 0 Å². The van der Waals surface area contributed by atoms with Crippen LogP contribution in [0.2, 0.25) is 0 Å². The normalized spacial score (nSPS) is 24.8. The molecule has 1 amide bonds. The van der Waals surface area contributed by atoms with Crippen molar-refractivity contribution in [2.45, 2.75) is 38.8 Å². The third kappa shape index (κ3) is 2.69. The molecule has 2 atom stereocenters. The summed E-state index contributed by atoms with van der Waals surface area (Å²) in [6.07, 6.45) is 1.27. The lowest BCUT2D eigenvalue weighted by atomic mass is 10.0. The predicted octanol–water partition coefficient (Wildman–Crippen LogP) is -0.0470. The molecule has 4 nitrogen and oxygen atoms in total. The van der Waals surface area contributed by atoms with E-state index in [9.17, 15) is 9.90 Å². The first kappa shape index (κ1) is 11.5. The van der Waals surface area contributed by atoms with Crippen LogP contribution >= 0.6 is 0 Å². The Labute approximate surface area is 85.1 Å². The van der Waals surface area contributed by atoms with E-state index in [1.807, 2.05) is 0 Å². The van der Waals surface area contributed by atoms with Crippen LogP contribution in [0, 0.1) is 5.92 Å². The zero-order chi connectivity index (χ0) is 10.7. The average molecular weight is 200 g/mol. The second kappa shape index (κ2) is 4.75. The first-order valence-electron chi connectivity index (χ1n) is 5.20. The van der Waals surface area contributed by atoms with Crippen molar-refractivity contribution in [3.8, 4) is 0 Å². The Kier molecular flexibility index (Phi) is 3.89. The van der Waals surface area contributed by atoms with Crippen LogP contribution in [0.25, 0.3) is 0 Å². The van der Waals surface area contributed by atoms with Gasteiger partial charge in [-0.2, -0.15) is 0 Å². The van der Waals surface area contributed by atoms with Gasteiger partial charge in [0.1, 0.15) is 0 Å². The van der Waals surface area contributed by atoms with Crippen molar-refractivity contribution in [2.24, 2.45) is 11.7 Å². The average Bonchev–Trinajstić information content (AvgIpc) is 2.41. The van der Waals surface area contributed by atoms with Crippen molar-refractivity contribution < 1.29 is 9.90 Å². The highest BCUT2D eigenvalue weighted by molar-refractivity contribution is 5.79. The van der Waals surface area contributed by atoms with Crippen molar-refractivity contribution in [1.82, 2.24) is 4.90 Å². The van der Waals surface area contributed by atoms with E-state index in [0.717, 1.165) is 6.42 Å². The highest BCUT2D eigenvalue weighted by Gasteiger charge is 2.32. The fourth-order valence-corrected chi connectivity index (χ4v) is 1.96. The maximum atomic E-state index is 11.5. The van der Waals surface area contributed by atoms with E-state index in [1.165, 1.54) is 0 Å². The molecule has 3 N–H and O–H groups in total. The molecule has 1 fully saturated rings. The van der Waals surface area contributed by atoms with E-state index in [1.54, 1.807) is 4.90 Å². The molecular weight excluding hydrogens is 180 g/mol. The Morgan fingerprint density at radius 3 is 2.64 bits per heavy atom. The van der Waals surface area contributed by atoms with E-state index in [0.29, 0.717) is 18.9 Å². The molecule has 1 aliphatic rings. The van der Waals surface area contributed by atoms with Gasteiger partial charge in [-0.3, -0.25) is 4.79 Å². The summed E-state index contributed by atoms with van der Waals surface area (Å²) in [4.78, 5) is 13.2. The van der Waals surface area contributed by atoms with Crippen LogP contribution in [0.1, 0.15) is 26.7 Å². The summed E-state index contributed by atoms with van der Waals surface area (Å²) in [5, 5.41) is 9.20. The van der Waals surface area contributed by atoms with Gasteiger partial charge in [0, 0.05) is 19.0 Å². The minimum atomic E-state index is -0.0521. The molecule has 1 rings (SSSR count). The zero-order valence-corrected chi connectivity index (χ0v) is 8.94. The predicted molar refractivity (Wildman–Crippen MR) is 54.6 cm³/mol. The van der Waals surface area contributed by atoms with Crippen molar-refractivity contribution >= 4 is 5.91 Å². The molecule has 0 aromatic rings. The van der Waals surface area contributed by atoms with Crippen LogP contribution < -0.4 is 5.73 Å². The van der Waals surface area contributed by atoms with E-state index >= 15 is 0 Å². The van der Waals surface area contributed by atoms with Gasteiger partial charge in [0.15, 0.2) is 0 Å². The van der Waals surface area contributed by atoms with Crippen LogP contribution in [-0.4, -0.2) is 41.1 Å². The van der Waals surface area contributed by atoms with Crippen LogP contribution in [0.4, 0.5) is 0 Å². The van der Waals surface area contributed by atoms with Crippen LogP contribution in [0.3, 0.4) is 0 Å². The molecule has 1 saturated heterocycles. The third-order valence-corrected chi connectivity index (χ3v) is 2.58. The van der Waals surface area contributed by atoms with Gasteiger partial charge in [0.25, 0.3) is 0 Å². The molecule has 1 heterocycles. The smallest absolute Gasteiger partial charge is 0.224 e. The first-order chi connectivity index (χ1) is 6.54. The zero-order valence-electron chi connectivity index (χ0n) is 8.94. The molecule has 0 saturated carbocycles. The molecule has 0 bridgehead atoms. The SMILES string of the molecule is CC(C)C[C@@H](CO)N1CC(N)CC1=O. The molecular formula is C10H20N2O2. The van der Waals surface area contributed by atoms with Crippen LogP contribution in [0.5, 0.6) is 0 Å². The summed E-state index contributed by atoms with van der Waals surface area (Å²) in [7, 11) is 0. The van der Waals surface area contributed by atoms with Crippen molar-refractivity contribution in [3.63, 3.8) is 0 Å². The number of hydrogen-bond donors (Lipinski definition) is 2. The van der Waals surface area contributed by atoms with Crippen LogP contribution in [-0.2, 0) is 4.79 Å². The summed E-state index contributed by atoms with van der Waals surface area (Å²) < 4.78 is 0. The fraction of sp³-hybridized carbons (Fsp3) is 0.900. The lowest BCUT2D eigenvalue weighted by Crippen LogP contribution is -2.41. The molecule has 0 aromatic heterocycles. The Morgan fingerprint density at radius 2 is 2.29 bits per heavy atom. The van der Waals surface area contributed by atoms with Crippen molar-refractivity contribution in [1.29, 1.82) is 0 Å². The van der Waals surface area contributed by atoms with Gasteiger partial charge in [-0.1, -0.05) is 13.8 Å². The number of amides is 1. The largest absolute Gasteiger partial charge is 0.394 e. The summed E-state index contributed by atoms with van der Waals surface area (Å²) in [6, 6.07) is -0.0974. The second-order valence-corrected chi connectivity index (χ2v) is 4.48. The molecule has 0 spiro atoms. The van der Waals surface area contributed by atoms with Gasteiger partial charge in [-0.15, -0.1) is 0 Å². The van der Waals surface area contributed by atoms with Crippen molar-refractivity contribution in [2.75, 3.05) is 13.2 Å². The maximum Gasteiger partial charge on any atom is 0.224 e. The number of rotatable bonds is 4. The molecule has 0 aliphatic carbocycles. The Balaban J connectivity index is 2.56. The summed E-state index contributed by atoms with van der Waals surface area (Å²) >= 11 is 0. The highest BCUT2D eigenvalue weighted by atomic mass is 16.3. The number of hydrogen-bond acceptors (Lipinski definition) is 3. The second-order valence-electron chi connectivity index (χ2n) is 4.48. The molecule has 14 heavy (non-hydrogen) atoms. The summed E-state index contributed by atoms with van der Waals surface area (Å²) in [5.41, 5.74) is 5.69. The number of aliphatic hydroxyl groups excluding tert-OH is 1. The lowest BCUT2D eigenvalue weighted by molar-refractivity contribution is -0.130. The topological polar surface area (TPSA) is 66.6 Å². The third-order valence-electron chi connectivity index (χ3n) is 2.58. The molecule has 1 aliphatic heterocycles. The fourth-order valence-electron chi connectivity index (χ4n) is 1.96. The maximum absolute atomic E-state index is 11.5. The Bertz CT molecular complexity index is 206. The number of nitrogens with zero attached hydrogens (tertiary/aromatic N) is 1. The summed E-state index contributed by atoms with van der Waals surface area (Å²) in [5.74, 6) is 0.564. The number of likely N-dealkylation sites (tertiary alicyclic amines) is 1. The molecule has 82 valence electrons. The lowest BCUT2D eigenvalue weighted by Gasteiger charge is -2.27. The quantitative estimate of drug-likeness (QED) is 0.669. The number of carbonyl (C=O) groups is 1. The van der Waals surface area contributed by atoms with Gasteiger partial charge in [0.2, 0.25) is 5.91 Å². The van der Waals surface area contributed by atoms with E-state index < -0.39 is 0 Å². The molecule has 0 radical (unpaired) electrons. The Morgan fingerprint density at radius 1 is 1.64 bits per heavy atom. The van der Waals surface area contributed by atoms with Gasteiger partial charge in [0.05, 0.1) is 12.6 Å². The highest BCUT2D eigenvalue weighted by Crippen LogP contribution is 2.18. The van der Waals surface area contributed by atoms with Crippen LogP contribution in [0.15, 0.2) is 0 Å². The number of aliphatic hydroxyl groups is 1. The molecule has 1 unspecified atom stereocenters. The van der Waals surface area contributed by atoms with E-state index in [2.05, 4.69) is 13.8 Å². The summed E-state index contributed by atoms with van der Waals surface area (Å²) in [6.45, 7) is 4.81. The Hall–Kier alpha value is -0.610. The van der Waals surface area contributed by atoms with E-state index in [4.69, 9.17) is 5.73 Å². The minimum absolute atomic E-state index is 0.0383. The minimum Gasteiger partial charge on any atom is -0.394 e. The van der Waals surface area contributed by atoms with Gasteiger partial charge < -0.3 is 15.7 Å². The monoisotopic (exact) mass is 200 g/mol. The van der Waals surface area contributed by atoms with Gasteiger partial charge in [-0.05, 0) is 12.3 Å². The molecule has 4 heteroatoms. The van der Waals surface area contributed by atoms with Gasteiger partial charge >= 0.3 is 0 Å². The number of nitrogens with two attached hydrogens (primary N) is 1. The number of carbonyl (C=O) groups excluding carboxylic acids is 1. The van der Waals surface area contributed by atoms with E-state index in [-0.39, 0.29) is 24.6 Å². The van der Waals surface area contributed by atoms with Crippen molar-refractivity contribution in [3.05, 3.63) is 0 Å². The standard InChI is InChI=1S/C10H20N2O2/c1-7(2)3-9(6-13)12-5-8(11)4-10(12)14/h7-9,13H,3-6,11H2,1-2H3/t8?,9-/m0/s1.